The van der Waals surface area contributed by atoms with E-state index in [0.717, 1.165) is 12.3 Å². The quantitative estimate of drug-likeness (QED) is 0.588. The van der Waals surface area contributed by atoms with Crippen molar-refractivity contribution in [3.05, 3.63) is 63.7 Å². The van der Waals surface area contributed by atoms with Gasteiger partial charge >= 0.3 is 0 Å². The molecule has 0 amide bonds. The number of sulfone groups is 1. The van der Waals surface area contributed by atoms with Crippen LogP contribution < -0.4 is 4.72 Å². The lowest BCUT2D eigenvalue weighted by Gasteiger charge is -2.16. The van der Waals surface area contributed by atoms with Crippen LogP contribution in [-0.4, -0.2) is 28.0 Å². The fourth-order valence-electron chi connectivity index (χ4n) is 2.36. The fourth-order valence-corrected chi connectivity index (χ4v) is 4.49. The van der Waals surface area contributed by atoms with Crippen LogP contribution >= 0.6 is 0 Å². The first-order valence-corrected chi connectivity index (χ1v) is 10.9. The minimum absolute atomic E-state index is 0.130. The van der Waals surface area contributed by atoms with Crippen molar-refractivity contribution in [2.45, 2.75) is 29.7 Å². The molecule has 140 valence electrons. The first-order chi connectivity index (χ1) is 11.9. The van der Waals surface area contributed by atoms with Gasteiger partial charge in [0.25, 0.3) is 5.69 Å². The van der Waals surface area contributed by atoms with Gasteiger partial charge < -0.3 is 0 Å². The monoisotopic (exact) mass is 398 g/mol. The highest BCUT2D eigenvalue weighted by atomic mass is 32.2. The van der Waals surface area contributed by atoms with Gasteiger partial charge in [-0.15, -0.1) is 0 Å². The van der Waals surface area contributed by atoms with Gasteiger partial charge in [-0.05, 0) is 37.1 Å². The molecule has 0 bridgehead atoms. The van der Waals surface area contributed by atoms with Gasteiger partial charge in [0.2, 0.25) is 10.0 Å². The van der Waals surface area contributed by atoms with Gasteiger partial charge in [0.1, 0.15) is 0 Å². The molecule has 0 fully saturated rings. The van der Waals surface area contributed by atoms with Crippen LogP contribution in [0.15, 0.2) is 52.3 Å². The van der Waals surface area contributed by atoms with Crippen molar-refractivity contribution >= 4 is 25.5 Å². The lowest BCUT2D eigenvalue weighted by atomic mass is 10.1. The van der Waals surface area contributed by atoms with E-state index in [1.165, 1.54) is 36.4 Å². The van der Waals surface area contributed by atoms with Crippen LogP contribution in [-0.2, 0) is 19.9 Å². The van der Waals surface area contributed by atoms with Crippen molar-refractivity contribution in [1.29, 1.82) is 0 Å². The van der Waals surface area contributed by atoms with Gasteiger partial charge in [-0.25, -0.2) is 21.6 Å². The Hall–Kier alpha value is -2.30. The van der Waals surface area contributed by atoms with E-state index in [2.05, 4.69) is 4.72 Å². The van der Waals surface area contributed by atoms with Gasteiger partial charge in [0.05, 0.1) is 14.7 Å². The van der Waals surface area contributed by atoms with E-state index in [1.54, 1.807) is 13.8 Å². The average Bonchev–Trinajstić information content (AvgIpc) is 2.53. The molecule has 0 saturated carbocycles. The summed E-state index contributed by atoms with van der Waals surface area (Å²) in [5, 5.41) is 10.9. The smallest absolute Gasteiger partial charge is 0.258 e. The number of hydrogen-bond donors (Lipinski definition) is 1. The Kier molecular flexibility index (Phi) is 5.49. The highest BCUT2D eigenvalue weighted by Gasteiger charge is 2.23. The van der Waals surface area contributed by atoms with Crippen LogP contribution in [0, 0.1) is 17.0 Å². The van der Waals surface area contributed by atoms with Crippen LogP contribution in [0.5, 0.6) is 0 Å². The van der Waals surface area contributed by atoms with Crippen LogP contribution in [0.2, 0.25) is 0 Å². The highest BCUT2D eigenvalue weighted by molar-refractivity contribution is 7.90. The second-order valence-electron chi connectivity index (χ2n) is 5.89. The molecule has 0 aliphatic rings. The number of sulfonamides is 1. The lowest BCUT2D eigenvalue weighted by molar-refractivity contribution is -0.385. The summed E-state index contributed by atoms with van der Waals surface area (Å²) >= 11 is 0. The summed E-state index contributed by atoms with van der Waals surface area (Å²) < 4.78 is 50.6. The van der Waals surface area contributed by atoms with Gasteiger partial charge in [-0.2, -0.15) is 0 Å². The van der Waals surface area contributed by atoms with Gasteiger partial charge in [-0.3, -0.25) is 10.1 Å². The molecular formula is C16H18N2O6S2. The van der Waals surface area contributed by atoms with Crippen molar-refractivity contribution in [3.63, 3.8) is 0 Å². The Labute approximate surface area is 152 Å². The largest absolute Gasteiger partial charge is 0.270 e. The second kappa shape index (κ2) is 7.14. The number of nitro benzene ring substituents is 1. The summed E-state index contributed by atoms with van der Waals surface area (Å²) in [5.74, 6) is 0. The Morgan fingerprint density at radius 2 is 1.62 bits per heavy atom. The van der Waals surface area contributed by atoms with Crippen LogP contribution in [0.25, 0.3) is 0 Å². The number of hydrogen-bond acceptors (Lipinski definition) is 6. The van der Waals surface area contributed by atoms with E-state index in [4.69, 9.17) is 0 Å². The van der Waals surface area contributed by atoms with Crippen molar-refractivity contribution in [2.24, 2.45) is 0 Å². The van der Waals surface area contributed by atoms with Crippen LogP contribution in [0.1, 0.15) is 24.1 Å². The summed E-state index contributed by atoms with van der Waals surface area (Å²) in [5.41, 5.74) is 0.618. The molecule has 0 radical (unpaired) electrons. The minimum atomic E-state index is -4.01. The zero-order chi connectivity index (χ0) is 19.7. The van der Waals surface area contributed by atoms with E-state index in [-0.39, 0.29) is 15.5 Å². The number of benzene rings is 2. The van der Waals surface area contributed by atoms with E-state index >= 15 is 0 Å². The van der Waals surface area contributed by atoms with E-state index in [1.807, 2.05) is 0 Å². The van der Waals surface area contributed by atoms with Crippen LogP contribution in [0.3, 0.4) is 0 Å². The summed E-state index contributed by atoms with van der Waals surface area (Å²) in [6.45, 7) is 3.14. The number of nitrogens with zero attached hydrogens (tertiary/aromatic N) is 1. The molecule has 0 heterocycles. The molecule has 0 aliphatic heterocycles. The van der Waals surface area contributed by atoms with Gasteiger partial charge in [0, 0.05) is 24.4 Å². The molecule has 10 heteroatoms. The van der Waals surface area contributed by atoms with Gasteiger partial charge in [0.15, 0.2) is 9.84 Å². The summed E-state index contributed by atoms with van der Waals surface area (Å²) in [6, 6.07) is 8.79. The van der Waals surface area contributed by atoms with Crippen molar-refractivity contribution in [3.8, 4) is 0 Å². The second-order valence-corrected chi connectivity index (χ2v) is 9.59. The Morgan fingerprint density at radius 3 is 2.12 bits per heavy atom. The Morgan fingerprint density at radius 1 is 1.04 bits per heavy atom. The Balaban J connectivity index is 2.32. The first kappa shape index (κ1) is 20.0. The highest BCUT2D eigenvalue weighted by Crippen LogP contribution is 2.24. The summed E-state index contributed by atoms with van der Waals surface area (Å²) in [7, 11) is -7.35. The zero-order valence-corrected chi connectivity index (χ0v) is 16.0. The predicted molar refractivity (Wildman–Crippen MR) is 96.1 cm³/mol. The zero-order valence-electron chi connectivity index (χ0n) is 14.3. The molecule has 8 nitrogen and oxygen atoms in total. The average molecular weight is 398 g/mol. The molecule has 2 aromatic rings. The van der Waals surface area contributed by atoms with E-state index in [0.29, 0.717) is 11.1 Å². The maximum absolute atomic E-state index is 12.6. The molecule has 0 aromatic heterocycles. The maximum atomic E-state index is 12.6. The van der Waals surface area contributed by atoms with E-state index < -0.39 is 30.8 Å². The van der Waals surface area contributed by atoms with Crippen molar-refractivity contribution in [2.75, 3.05) is 6.26 Å². The molecule has 26 heavy (non-hydrogen) atoms. The molecule has 1 atom stereocenters. The lowest BCUT2D eigenvalue weighted by Crippen LogP contribution is -2.27. The molecule has 1 N–H and O–H groups in total. The molecule has 0 spiro atoms. The third-order valence-corrected chi connectivity index (χ3v) is 6.62. The van der Waals surface area contributed by atoms with Crippen molar-refractivity contribution in [1.82, 2.24) is 4.72 Å². The van der Waals surface area contributed by atoms with Crippen molar-refractivity contribution < 1.29 is 21.8 Å². The summed E-state index contributed by atoms with van der Waals surface area (Å²) in [6.07, 6.45) is 1.08. The fraction of sp³-hybridized carbons (Fsp3) is 0.250. The van der Waals surface area contributed by atoms with E-state index in [9.17, 15) is 26.9 Å². The summed E-state index contributed by atoms with van der Waals surface area (Å²) in [4.78, 5) is 10.2. The SMILES string of the molecule is Cc1ccc([N+](=O)[O-])cc1S(=O)(=O)NC(C)c1ccc(S(C)(=O)=O)cc1. The molecular weight excluding hydrogens is 380 g/mol. The number of rotatable bonds is 6. The molecule has 1 unspecified atom stereocenters. The number of nitrogens with one attached hydrogen (secondary N) is 1. The molecule has 2 rings (SSSR count). The third kappa shape index (κ3) is 4.45. The molecule has 0 aliphatic carbocycles. The Bertz CT molecular complexity index is 1040. The number of nitro groups is 1. The number of aryl methyl sites for hydroxylation is 1. The third-order valence-electron chi connectivity index (χ3n) is 3.81. The van der Waals surface area contributed by atoms with Crippen LogP contribution in [0.4, 0.5) is 5.69 Å². The standard InChI is InChI=1S/C16H18N2O6S2/c1-11-4-7-14(18(19)20)10-16(11)26(23,24)17-12(2)13-5-8-15(9-6-13)25(3,21)22/h4-10,12,17H,1-3H3. The molecule has 2 aromatic carbocycles. The molecule has 0 saturated heterocycles. The predicted octanol–water partition coefficient (Wildman–Crippen LogP) is 2.35. The van der Waals surface area contributed by atoms with Gasteiger partial charge in [-0.1, -0.05) is 18.2 Å². The first-order valence-electron chi connectivity index (χ1n) is 7.49. The maximum Gasteiger partial charge on any atom is 0.270 e. The normalized spacial score (nSPS) is 13.3. The topological polar surface area (TPSA) is 123 Å². The number of non-ortho nitro benzene ring substituents is 1. The minimum Gasteiger partial charge on any atom is -0.258 e.